The zero-order chi connectivity index (χ0) is 20.7. The summed E-state index contributed by atoms with van der Waals surface area (Å²) in [6, 6.07) is 1.58. The van der Waals surface area contributed by atoms with Gasteiger partial charge in [-0.3, -0.25) is 0 Å². The van der Waals surface area contributed by atoms with Crippen LogP contribution in [0.25, 0.3) is 22.3 Å². The number of carbonyl (C=O) groups is 1. The Morgan fingerprint density at radius 2 is 2.03 bits per heavy atom. The van der Waals surface area contributed by atoms with Crippen LogP contribution < -0.4 is 11.1 Å². The van der Waals surface area contributed by atoms with Crippen LogP contribution in [0.15, 0.2) is 18.3 Å². The van der Waals surface area contributed by atoms with E-state index >= 15 is 0 Å². The fraction of sp³-hybridized carbons (Fsp3) is 0.316. The maximum Gasteiger partial charge on any atom is 0.357 e. The van der Waals surface area contributed by atoms with Gasteiger partial charge in [-0.25, -0.2) is 27.9 Å². The summed E-state index contributed by atoms with van der Waals surface area (Å²) in [7, 11) is 0. The highest BCUT2D eigenvalue weighted by molar-refractivity contribution is 5.95. The average Bonchev–Trinajstić information content (AvgIpc) is 3.07. The monoisotopic (exact) mass is 405 g/mol. The summed E-state index contributed by atoms with van der Waals surface area (Å²) in [5.74, 6) is -4.75. The molecule has 1 fully saturated rings. The molecule has 4 rings (SSSR count). The maximum absolute atomic E-state index is 14.7. The topological polar surface area (TPSA) is 117 Å². The van der Waals surface area contributed by atoms with Crippen molar-refractivity contribution in [1.29, 1.82) is 0 Å². The zero-order valence-corrected chi connectivity index (χ0v) is 15.2. The van der Waals surface area contributed by atoms with Crippen LogP contribution in [0.4, 0.5) is 19.0 Å². The van der Waals surface area contributed by atoms with E-state index in [2.05, 4.69) is 20.3 Å². The summed E-state index contributed by atoms with van der Waals surface area (Å²) >= 11 is 0. The summed E-state index contributed by atoms with van der Waals surface area (Å²) in [6.45, 7) is 0. The fourth-order valence-electron chi connectivity index (χ4n) is 3.70. The number of nitrogens with one attached hydrogen (secondary N) is 2. The van der Waals surface area contributed by atoms with Gasteiger partial charge in [-0.15, -0.1) is 0 Å². The summed E-state index contributed by atoms with van der Waals surface area (Å²) in [5, 5.41) is 12.4. The van der Waals surface area contributed by atoms with Crippen LogP contribution in [0.5, 0.6) is 0 Å². The highest BCUT2D eigenvalue weighted by Crippen LogP contribution is 2.31. The van der Waals surface area contributed by atoms with Gasteiger partial charge >= 0.3 is 5.97 Å². The number of fused-ring (bicyclic) bond motifs is 1. The Morgan fingerprint density at radius 1 is 1.24 bits per heavy atom. The molecule has 0 radical (unpaired) electrons. The number of halogens is 3. The SMILES string of the molecule is NC1CCCC(Nc2nc(-c3c[nH]c4c(F)cc(F)cc34)nc(C(=O)O)c2F)C1. The van der Waals surface area contributed by atoms with E-state index in [0.29, 0.717) is 6.42 Å². The van der Waals surface area contributed by atoms with Gasteiger partial charge in [0, 0.05) is 35.3 Å². The Bertz CT molecular complexity index is 1100. The molecule has 3 aromatic rings. The van der Waals surface area contributed by atoms with E-state index in [1.54, 1.807) is 0 Å². The lowest BCUT2D eigenvalue weighted by molar-refractivity contribution is 0.0685. The van der Waals surface area contributed by atoms with Crippen molar-refractivity contribution in [2.75, 3.05) is 5.32 Å². The van der Waals surface area contributed by atoms with Crippen LogP contribution in [-0.4, -0.2) is 38.1 Å². The molecular weight excluding hydrogens is 387 g/mol. The Kier molecular flexibility index (Phi) is 4.87. The average molecular weight is 405 g/mol. The Morgan fingerprint density at radius 3 is 2.76 bits per heavy atom. The van der Waals surface area contributed by atoms with Crippen molar-refractivity contribution in [2.45, 2.75) is 37.8 Å². The number of H-pyrrole nitrogens is 1. The first-order valence-electron chi connectivity index (χ1n) is 9.13. The Balaban J connectivity index is 1.82. The molecule has 2 atom stereocenters. The van der Waals surface area contributed by atoms with Gasteiger partial charge in [0.2, 0.25) is 0 Å². The van der Waals surface area contributed by atoms with Gasteiger partial charge in [0.05, 0.1) is 5.52 Å². The molecule has 0 saturated heterocycles. The molecule has 2 unspecified atom stereocenters. The number of anilines is 1. The predicted molar refractivity (Wildman–Crippen MR) is 100 cm³/mol. The summed E-state index contributed by atoms with van der Waals surface area (Å²) in [5.41, 5.74) is 5.30. The molecule has 1 saturated carbocycles. The first-order valence-corrected chi connectivity index (χ1v) is 9.13. The molecule has 7 nitrogen and oxygen atoms in total. The van der Waals surface area contributed by atoms with Crippen molar-refractivity contribution in [3.05, 3.63) is 41.5 Å². The van der Waals surface area contributed by atoms with Crippen molar-refractivity contribution >= 4 is 22.7 Å². The van der Waals surface area contributed by atoms with Crippen molar-refractivity contribution in [2.24, 2.45) is 5.73 Å². The van der Waals surface area contributed by atoms with Crippen LogP contribution in [0, 0.1) is 17.5 Å². The van der Waals surface area contributed by atoms with Gasteiger partial charge in [0.15, 0.2) is 23.2 Å². The van der Waals surface area contributed by atoms with Crippen molar-refractivity contribution in [1.82, 2.24) is 15.0 Å². The molecule has 1 aliphatic rings. The molecule has 152 valence electrons. The first kappa shape index (κ1) is 19.2. The van der Waals surface area contributed by atoms with Gasteiger partial charge in [0.1, 0.15) is 11.6 Å². The number of rotatable bonds is 4. The quantitative estimate of drug-likeness (QED) is 0.528. The molecule has 0 bridgehead atoms. The third-order valence-electron chi connectivity index (χ3n) is 5.06. The maximum atomic E-state index is 14.7. The molecule has 0 aliphatic heterocycles. The Hall–Kier alpha value is -3.14. The minimum absolute atomic E-state index is 0.0129. The third-order valence-corrected chi connectivity index (χ3v) is 5.06. The minimum Gasteiger partial charge on any atom is -0.476 e. The molecule has 2 heterocycles. The van der Waals surface area contributed by atoms with Crippen LogP contribution in [-0.2, 0) is 0 Å². The van der Waals surface area contributed by atoms with Crippen LogP contribution >= 0.6 is 0 Å². The number of carboxylic acids is 1. The van der Waals surface area contributed by atoms with E-state index in [-0.39, 0.29) is 40.2 Å². The number of nitrogens with zero attached hydrogens (tertiary/aromatic N) is 2. The van der Waals surface area contributed by atoms with Crippen molar-refractivity contribution < 1.29 is 23.1 Å². The molecule has 10 heteroatoms. The lowest BCUT2D eigenvalue weighted by Crippen LogP contribution is -2.35. The standard InChI is InChI=1S/C19H18F3N5O2/c20-8-4-11-12(7-24-15(11)13(21)5-8)17-26-16(19(28)29)14(22)18(27-17)25-10-3-1-2-9(23)6-10/h4-5,7,9-10,24H,1-3,6,23H2,(H,28,29)(H,25,26,27). The molecule has 29 heavy (non-hydrogen) atoms. The van der Waals surface area contributed by atoms with Gasteiger partial charge in [-0.1, -0.05) is 0 Å². The third kappa shape index (κ3) is 3.63. The van der Waals surface area contributed by atoms with E-state index in [0.717, 1.165) is 31.4 Å². The predicted octanol–water partition coefficient (Wildman–Crippen LogP) is 3.42. The minimum atomic E-state index is -1.58. The van der Waals surface area contributed by atoms with E-state index in [1.165, 1.54) is 6.20 Å². The molecule has 5 N–H and O–H groups in total. The normalized spacial score (nSPS) is 19.4. The van der Waals surface area contributed by atoms with E-state index in [4.69, 9.17) is 5.73 Å². The van der Waals surface area contributed by atoms with Crippen LogP contribution in [0.1, 0.15) is 36.2 Å². The molecule has 2 aromatic heterocycles. The number of nitrogens with two attached hydrogens (primary N) is 1. The molecule has 1 aliphatic carbocycles. The van der Waals surface area contributed by atoms with E-state index in [9.17, 15) is 23.1 Å². The second kappa shape index (κ2) is 7.36. The molecule has 0 spiro atoms. The van der Waals surface area contributed by atoms with Gasteiger partial charge in [0.25, 0.3) is 0 Å². The van der Waals surface area contributed by atoms with Gasteiger partial charge in [-0.2, -0.15) is 0 Å². The largest absolute Gasteiger partial charge is 0.476 e. The number of hydrogen-bond donors (Lipinski definition) is 4. The first-order chi connectivity index (χ1) is 13.8. The Labute approximate surface area is 163 Å². The summed E-state index contributed by atoms with van der Waals surface area (Å²) < 4.78 is 42.4. The number of benzene rings is 1. The number of aromatic carboxylic acids is 1. The van der Waals surface area contributed by atoms with E-state index in [1.807, 2.05) is 0 Å². The number of hydrogen-bond acceptors (Lipinski definition) is 5. The number of aromatic nitrogens is 3. The summed E-state index contributed by atoms with van der Waals surface area (Å²) in [4.78, 5) is 22.1. The highest BCUT2D eigenvalue weighted by atomic mass is 19.1. The van der Waals surface area contributed by atoms with Crippen molar-refractivity contribution in [3.8, 4) is 11.4 Å². The lowest BCUT2D eigenvalue weighted by atomic mass is 9.91. The lowest BCUT2D eigenvalue weighted by Gasteiger charge is -2.28. The fourth-order valence-corrected chi connectivity index (χ4v) is 3.70. The van der Waals surface area contributed by atoms with E-state index < -0.39 is 29.1 Å². The van der Waals surface area contributed by atoms with Gasteiger partial charge in [-0.05, 0) is 31.7 Å². The number of carboxylic acid groups (broad SMARTS) is 1. The number of aromatic amines is 1. The highest BCUT2D eigenvalue weighted by Gasteiger charge is 2.26. The molecular formula is C19H18F3N5O2. The van der Waals surface area contributed by atoms with Crippen LogP contribution in [0.2, 0.25) is 0 Å². The smallest absolute Gasteiger partial charge is 0.357 e. The van der Waals surface area contributed by atoms with Crippen LogP contribution in [0.3, 0.4) is 0 Å². The van der Waals surface area contributed by atoms with Crippen molar-refractivity contribution in [3.63, 3.8) is 0 Å². The summed E-state index contributed by atoms with van der Waals surface area (Å²) in [6.07, 6.45) is 4.36. The molecule has 1 aromatic carbocycles. The zero-order valence-electron chi connectivity index (χ0n) is 15.2. The molecule has 0 amide bonds. The second-order valence-electron chi connectivity index (χ2n) is 7.14. The van der Waals surface area contributed by atoms with Gasteiger partial charge < -0.3 is 21.1 Å². The second-order valence-corrected chi connectivity index (χ2v) is 7.14.